The first kappa shape index (κ1) is 21.0. The summed E-state index contributed by atoms with van der Waals surface area (Å²) in [6, 6.07) is 16.4. The maximum Gasteiger partial charge on any atom is 0.340 e. The molecule has 154 valence electrons. The topological polar surface area (TPSA) is 90.3 Å². The molecule has 30 heavy (non-hydrogen) atoms. The van der Waals surface area contributed by atoms with Crippen LogP contribution in [0.25, 0.3) is 11.3 Å². The number of ether oxygens (including phenoxy) is 1. The first-order valence-corrected chi connectivity index (χ1v) is 9.64. The van der Waals surface area contributed by atoms with Crippen molar-refractivity contribution in [2.75, 3.05) is 11.9 Å². The second-order valence-corrected chi connectivity index (χ2v) is 6.80. The van der Waals surface area contributed by atoms with Gasteiger partial charge in [-0.05, 0) is 39.0 Å². The summed E-state index contributed by atoms with van der Waals surface area (Å²) < 4.78 is 6.17. The number of aryl methyl sites for hydroxylation is 1. The summed E-state index contributed by atoms with van der Waals surface area (Å²) in [4.78, 5) is 37.3. The van der Waals surface area contributed by atoms with Crippen LogP contribution < -0.4 is 10.9 Å². The lowest BCUT2D eigenvalue weighted by Crippen LogP contribution is -2.33. The third kappa shape index (κ3) is 4.63. The highest BCUT2D eigenvalue weighted by atomic mass is 16.5. The van der Waals surface area contributed by atoms with E-state index in [9.17, 15) is 14.4 Å². The summed E-state index contributed by atoms with van der Waals surface area (Å²) in [7, 11) is 0. The van der Waals surface area contributed by atoms with Crippen LogP contribution in [-0.4, -0.2) is 28.3 Å². The van der Waals surface area contributed by atoms with E-state index in [-0.39, 0.29) is 12.2 Å². The van der Waals surface area contributed by atoms with Gasteiger partial charge in [-0.15, -0.1) is 0 Å². The second-order valence-electron chi connectivity index (χ2n) is 6.80. The maximum absolute atomic E-state index is 12.8. The number of para-hydroxylation sites is 1. The predicted molar refractivity (Wildman–Crippen MR) is 114 cm³/mol. The molecular weight excluding hydrogens is 382 g/mol. The second kappa shape index (κ2) is 9.17. The molecule has 1 N–H and O–H groups in total. The van der Waals surface area contributed by atoms with Gasteiger partial charge in [-0.2, -0.15) is 5.10 Å². The minimum Gasteiger partial charge on any atom is -0.462 e. The first-order chi connectivity index (χ1) is 14.4. The number of esters is 1. The molecule has 0 spiro atoms. The summed E-state index contributed by atoms with van der Waals surface area (Å²) >= 11 is 0. The number of carbonyl (C=O) groups excluding carboxylic acids is 2. The van der Waals surface area contributed by atoms with Gasteiger partial charge in [-0.25, -0.2) is 9.48 Å². The highest BCUT2D eigenvalue weighted by molar-refractivity contribution is 6.02. The van der Waals surface area contributed by atoms with E-state index in [4.69, 9.17) is 4.74 Å². The van der Waals surface area contributed by atoms with Gasteiger partial charge in [0.05, 0.1) is 23.6 Å². The van der Waals surface area contributed by atoms with E-state index in [0.29, 0.717) is 11.4 Å². The number of hydrogen-bond donors (Lipinski definition) is 1. The number of nitrogens with one attached hydrogen (secondary N) is 1. The molecule has 1 amide bonds. The van der Waals surface area contributed by atoms with Gasteiger partial charge in [0, 0.05) is 11.6 Å². The lowest BCUT2D eigenvalue weighted by Gasteiger charge is -2.16. The van der Waals surface area contributed by atoms with Crippen LogP contribution in [0.2, 0.25) is 0 Å². The Morgan fingerprint density at radius 3 is 2.47 bits per heavy atom. The normalized spacial score (nSPS) is 11.6. The minimum absolute atomic E-state index is 0.225. The molecule has 0 aliphatic rings. The average molecular weight is 405 g/mol. The maximum atomic E-state index is 12.8. The van der Waals surface area contributed by atoms with Crippen LogP contribution in [0.15, 0.2) is 65.5 Å². The Morgan fingerprint density at radius 1 is 1.07 bits per heavy atom. The van der Waals surface area contributed by atoms with E-state index >= 15 is 0 Å². The Labute approximate surface area is 174 Å². The zero-order chi connectivity index (χ0) is 21.7. The molecule has 3 rings (SSSR count). The van der Waals surface area contributed by atoms with Crippen LogP contribution in [0, 0.1) is 6.92 Å². The largest absolute Gasteiger partial charge is 0.462 e. The first-order valence-electron chi connectivity index (χ1n) is 9.64. The Morgan fingerprint density at radius 2 is 1.77 bits per heavy atom. The van der Waals surface area contributed by atoms with Gasteiger partial charge in [0.2, 0.25) is 5.91 Å². The molecule has 0 aliphatic heterocycles. The summed E-state index contributed by atoms with van der Waals surface area (Å²) in [6.45, 7) is 5.50. The van der Waals surface area contributed by atoms with E-state index in [1.165, 1.54) is 6.07 Å². The number of anilines is 1. The fraction of sp³-hybridized carbons (Fsp3) is 0.217. The van der Waals surface area contributed by atoms with Gasteiger partial charge >= 0.3 is 5.97 Å². The van der Waals surface area contributed by atoms with Gasteiger partial charge in [0.15, 0.2) is 0 Å². The predicted octanol–water partition coefficient (Wildman–Crippen LogP) is 3.60. The van der Waals surface area contributed by atoms with Crippen molar-refractivity contribution in [2.45, 2.75) is 26.8 Å². The summed E-state index contributed by atoms with van der Waals surface area (Å²) in [5, 5.41) is 7.08. The number of rotatable bonds is 6. The molecule has 0 fully saturated rings. The monoisotopic (exact) mass is 405 g/mol. The van der Waals surface area contributed by atoms with Crippen molar-refractivity contribution in [3.8, 4) is 11.3 Å². The van der Waals surface area contributed by atoms with Crippen LogP contribution >= 0.6 is 0 Å². The van der Waals surface area contributed by atoms with Crippen molar-refractivity contribution in [1.29, 1.82) is 0 Å². The molecule has 7 nitrogen and oxygen atoms in total. The Hall–Kier alpha value is -3.74. The fourth-order valence-corrected chi connectivity index (χ4v) is 2.91. The zero-order valence-electron chi connectivity index (χ0n) is 17.1. The molecule has 2 aromatic carbocycles. The number of nitrogens with zero attached hydrogens (tertiary/aromatic N) is 2. The standard InChI is InChI=1S/C23H23N3O4/c1-4-30-23(29)18-7-5-6-8-20(18)24-22(28)16(3)26-21(27)14-13-19(25-26)17-11-9-15(2)10-12-17/h5-14,16H,4H2,1-3H3,(H,24,28). The number of aromatic nitrogens is 2. The Bertz CT molecular complexity index is 1120. The lowest BCUT2D eigenvalue weighted by molar-refractivity contribution is -0.119. The van der Waals surface area contributed by atoms with Crippen molar-refractivity contribution >= 4 is 17.6 Å². The van der Waals surface area contributed by atoms with E-state index < -0.39 is 23.5 Å². The number of carbonyl (C=O) groups is 2. The molecule has 1 unspecified atom stereocenters. The number of benzene rings is 2. The summed E-state index contributed by atoms with van der Waals surface area (Å²) in [6.07, 6.45) is 0. The Kier molecular flexibility index (Phi) is 6.41. The summed E-state index contributed by atoms with van der Waals surface area (Å²) in [5.74, 6) is -1.000. The smallest absolute Gasteiger partial charge is 0.340 e. The molecule has 0 bridgehead atoms. The molecular formula is C23H23N3O4. The Balaban J connectivity index is 1.87. The van der Waals surface area contributed by atoms with Crippen molar-refractivity contribution in [2.24, 2.45) is 0 Å². The minimum atomic E-state index is -0.891. The van der Waals surface area contributed by atoms with E-state index in [0.717, 1.165) is 15.8 Å². The molecule has 0 saturated carbocycles. The molecule has 0 aliphatic carbocycles. The van der Waals surface area contributed by atoms with Gasteiger partial charge in [-0.1, -0.05) is 42.0 Å². The number of hydrogen-bond acceptors (Lipinski definition) is 5. The summed E-state index contributed by atoms with van der Waals surface area (Å²) in [5.41, 5.74) is 2.70. The quantitative estimate of drug-likeness (QED) is 0.633. The van der Waals surface area contributed by atoms with Crippen LogP contribution in [0.5, 0.6) is 0 Å². The van der Waals surface area contributed by atoms with Gasteiger partial charge < -0.3 is 10.1 Å². The van der Waals surface area contributed by atoms with E-state index in [1.54, 1.807) is 44.2 Å². The van der Waals surface area contributed by atoms with E-state index in [1.807, 2.05) is 31.2 Å². The van der Waals surface area contributed by atoms with Gasteiger partial charge in [0.25, 0.3) is 5.56 Å². The molecule has 1 atom stereocenters. The lowest BCUT2D eigenvalue weighted by atomic mass is 10.1. The van der Waals surface area contributed by atoms with Crippen molar-refractivity contribution in [1.82, 2.24) is 9.78 Å². The van der Waals surface area contributed by atoms with E-state index in [2.05, 4.69) is 10.4 Å². The van der Waals surface area contributed by atoms with Crippen LogP contribution in [0.1, 0.15) is 35.8 Å². The SMILES string of the molecule is CCOC(=O)c1ccccc1NC(=O)C(C)n1nc(-c2ccc(C)cc2)ccc1=O. The van der Waals surface area contributed by atoms with Gasteiger partial charge in [-0.3, -0.25) is 9.59 Å². The third-order valence-electron chi connectivity index (χ3n) is 4.60. The number of amides is 1. The third-order valence-corrected chi connectivity index (χ3v) is 4.60. The molecule has 1 heterocycles. The van der Waals surface area contributed by atoms with Crippen LogP contribution in [-0.2, 0) is 9.53 Å². The molecule has 0 radical (unpaired) electrons. The average Bonchev–Trinajstić information content (AvgIpc) is 2.75. The molecule has 7 heteroatoms. The fourth-order valence-electron chi connectivity index (χ4n) is 2.91. The van der Waals surface area contributed by atoms with Crippen molar-refractivity contribution < 1.29 is 14.3 Å². The van der Waals surface area contributed by atoms with Crippen LogP contribution in [0.3, 0.4) is 0 Å². The molecule has 0 saturated heterocycles. The molecule has 1 aromatic heterocycles. The molecule has 3 aromatic rings. The van der Waals surface area contributed by atoms with Crippen LogP contribution in [0.4, 0.5) is 5.69 Å². The van der Waals surface area contributed by atoms with Crippen molar-refractivity contribution in [3.05, 3.63) is 82.1 Å². The van der Waals surface area contributed by atoms with Gasteiger partial charge in [0.1, 0.15) is 6.04 Å². The zero-order valence-corrected chi connectivity index (χ0v) is 17.1. The highest BCUT2D eigenvalue weighted by Gasteiger charge is 2.21. The highest BCUT2D eigenvalue weighted by Crippen LogP contribution is 2.19. The van der Waals surface area contributed by atoms with Crippen molar-refractivity contribution in [3.63, 3.8) is 0 Å².